The van der Waals surface area contributed by atoms with E-state index in [1.54, 1.807) is 22.8 Å². The van der Waals surface area contributed by atoms with Crippen LogP contribution in [0.15, 0.2) is 12.3 Å². The van der Waals surface area contributed by atoms with Crippen molar-refractivity contribution in [1.82, 2.24) is 19.7 Å². The molecule has 1 aliphatic heterocycles. The Hall–Kier alpha value is -2.00. The maximum Gasteiger partial charge on any atom is 0.238 e. The van der Waals surface area contributed by atoms with Crippen LogP contribution < -0.4 is 5.32 Å². The normalized spacial score (nSPS) is 19.9. The molecule has 24 heavy (non-hydrogen) atoms. The second-order valence-electron chi connectivity index (χ2n) is 6.32. The van der Waals surface area contributed by atoms with Crippen LogP contribution in [0.3, 0.4) is 0 Å². The van der Waals surface area contributed by atoms with E-state index in [1.807, 2.05) is 20.0 Å². The van der Waals surface area contributed by atoms with Crippen LogP contribution in [0.4, 0.5) is 5.69 Å². The summed E-state index contributed by atoms with van der Waals surface area (Å²) < 4.78 is 24.8. The Morgan fingerprint density at radius 2 is 2.25 bits per heavy atom. The van der Waals surface area contributed by atoms with Crippen molar-refractivity contribution < 1.29 is 13.2 Å². The summed E-state index contributed by atoms with van der Waals surface area (Å²) in [5, 5.41) is 8.01. The zero-order chi connectivity index (χ0) is 17.5. The van der Waals surface area contributed by atoms with Gasteiger partial charge in [0.25, 0.3) is 0 Å². The molecule has 1 saturated heterocycles. The highest BCUT2D eigenvalue weighted by molar-refractivity contribution is 7.91. The standard InChI is InChI=1S/C15H21N5O3S/c1-10-13-6-11(7-16-15(13)20(3)18-10)17-14(21)8-19(2)12-4-5-24(22,23)9-12/h6-7,12H,4-5,8-9H2,1-3H3,(H,17,21)/t12-/m0/s1. The minimum absolute atomic E-state index is 0.0954. The maximum atomic E-state index is 12.2. The fraction of sp³-hybridized carbons (Fsp3) is 0.533. The SMILES string of the molecule is Cc1nn(C)c2ncc(NC(=O)CN(C)[C@H]3CCS(=O)(=O)C3)cc12. The summed E-state index contributed by atoms with van der Waals surface area (Å²) in [6.45, 7) is 2.04. The lowest BCUT2D eigenvalue weighted by Crippen LogP contribution is -2.38. The summed E-state index contributed by atoms with van der Waals surface area (Å²) in [6, 6.07) is 1.75. The van der Waals surface area contributed by atoms with Crippen molar-refractivity contribution in [2.75, 3.05) is 30.4 Å². The van der Waals surface area contributed by atoms with Crippen molar-refractivity contribution in [2.24, 2.45) is 7.05 Å². The summed E-state index contributed by atoms with van der Waals surface area (Å²) in [5.74, 6) is 0.133. The molecule has 0 aliphatic carbocycles. The number of aromatic nitrogens is 3. The smallest absolute Gasteiger partial charge is 0.238 e. The number of nitrogens with zero attached hydrogens (tertiary/aromatic N) is 4. The topological polar surface area (TPSA) is 97.2 Å². The second-order valence-corrected chi connectivity index (χ2v) is 8.55. The first kappa shape index (κ1) is 16.8. The summed E-state index contributed by atoms with van der Waals surface area (Å²) in [4.78, 5) is 18.3. The molecule has 3 heterocycles. The van der Waals surface area contributed by atoms with Crippen molar-refractivity contribution in [3.05, 3.63) is 18.0 Å². The highest BCUT2D eigenvalue weighted by Gasteiger charge is 2.31. The number of carbonyl (C=O) groups is 1. The molecule has 1 aliphatic rings. The van der Waals surface area contributed by atoms with E-state index < -0.39 is 9.84 Å². The minimum atomic E-state index is -2.95. The molecule has 1 atom stereocenters. The first-order chi connectivity index (χ1) is 11.2. The quantitative estimate of drug-likeness (QED) is 0.853. The zero-order valence-corrected chi connectivity index (χ0v) is 14.8. The Kier molecular flexibility index (Phi) is 4.31. The number of pyridine rings is 1. The van der Waals surface area contributed by atoms with Gasteiger partial charge in [0.1, 0.15) is 0 Å². The molecular formula is C15H21N5O3S. The predicted octanol–water partition coefficient (Wildman–Crippen LogP) is 0.334. The molecule has 9 heteroatoms. The second kappa shape index (κ2) is 6.14. The molecular weight excluding hydrogens is 330 g/mol. The first-order valence-corrected chi connectivity index (χ1v) is 9.57. The summed E-state index contributed by atoms with van der Waals surface area (Å²) in [7, 11) is 0.646. The largest absolute Gasteiger partial charge is 0.324 e. The van der Waals surface area contributed by atoms with E-state index in [4.69, 9.17) is 0 Å². The minimum Gasteiger partial charge on any atom is -0.324 e. The molecule has 1 amide bonds. The molecule has 2 aromatic rings. The van der Waals surface area contributed by atoms with Gasteiger partial charge in [0, 0.05) is 18.5 Å². The third-order valence-corrected chi connectivity index (χ3v) is 6.12. The van der Waals surface area contributed by atoms with Gasteiger partial charge in [-0.1, -0.05) is 0 Å². The van der Waals surface area contributed by atoms with Crippen LogP contribution in [0, 0.1) is 6.92 Å². The molecule has 0 aromatic carbocycles. The van der Waals surface area contributed by atoms with Crippen LogP contribution in [0.2, 0.25) is 0 Å². The number of anilines is 1. The van der Waals surface area contributed by atoms with Crippen LogP contribution in [-0.4, -0.2) is 65.1 Å². The number of likely N-dealkylation sites (N-methyl/N-ethyl adjacent to an activating group) is 1. The Bertz CT molecular complexity index is 890. The summed E-state index contributed by atoms with van der Waals surface area (Å²) in [6.07, 6.45) is 2.18. The van der Waals surface area contributed by atoms with Crippen molar-refractivity contribution in [2.45, 2.75) is 19.4 Å². The van der Waals surface area contributed by atoms with E-state index in [0.717, 1.165) is 16.7 Å². The molecule has 0 bridgehead atoms. The average Bonchev–Trinajstić information content (AvgIpc) is 2.99. The number of fused-ring (bicyclic) bond motifs is 1. The molecule has 1 N–H and O–H groups in total. The number of hydrogen-bond donors (Lipinski definition) is 1. The predicted molar refractivity (Wildman–Crippen MR) is 91.6 cm³/mol. The van der Waals surface area contributed by atoms with Crippen LogP contribution >= 0.6 is 0 Å². The number of amides is 1. The van der Waals surface area contributed by atoms with Gasteiger partial charge in [-0.05, 0) is 26.5 Å². The lowest BCUT2D eigenvalue weighted by Gasteiger charge is -2.22. The highest BCUT2D eigenvalue weighted by Crippen LogP contribution is 2.20. The lowest BCUT2D eigenvalue weighted by atomic mass is 10.2. The van der Waals surface area contributed by atoms with Gasteiger partial charge >= 0.3 is 0 Å². The monoisotopic (exact) mass is 351 g/mol. The summed E-state index contributed by atoms with van der Waals surface area (Å²) >= 11 is 0. The Balaban J connectivity index is 1.65. The molecule has 1 fully saturated rings. The molecule has 130 valence electrons. The van der Waals surface area contributed by atoms with Gasteiger partial charge in [-0.15, -0.1) is 0 Å². The number of rotatable bonds is 4. The fourth-order valence-electron chi connectivity index (χ4n) is 3.06. The molecule has 0 radical (unpaired) electrons. The summed E-state index contributed by atoms with van der Waals surface area (Å²) in [5.41, 5.74) is 2.22. The molecule has 3 rings (SSSR count). The Morgan fingerprint density at radius 3 is 2.92 bits per heavy atom. The van der Waals surface area contributed by atoms with Gasteiger partial charge in [0.15, 0.2) is 15.5 Å². The maximum absolute atomic E-state index is 12.2. The lowest BCUT2D eigenvalue weighted by molar-refractivity contribution is -0.117. The molecule has 0 saturated carbocycles. The van der Waals surface area contributed by atoms with Gasteiger partial charge in [-0.2, -0.15) is 5.10 Å². The number of hydrogen-bond acceptors (Lipinski definition) is 6. The van der Waals surface area contributed by atoms with E-state index in [1.165, 1.54) is 0 Å². The van der Waals surface area contributed by atoms with Crippen LogP contribution in [0.5, 0.6) is 0 Å². The average molecular weight is 351 g/mol. The number of sulfone groups is 1. The van der Waals surface area contributed by atoms with Gasteiger partial charge in [0.2, 0.25) is 5.91 Å². The Morgan fingerprint density at radius 1 is 1.50 bits per heavy atom. The van der Waals surface area contributed by atoms with Crippen molar-refractivity contribution in [3.63, 3.8) is 0 Å². The van der Waals surface area contributed by atoms with Gasteiger partial charge in [0.05, 0.1) is 35.6 Å². The van der Waals surface area contributed by atoms with Gasteiger partial charge in [-0.3, -0.25) is 14.4 Å². The molecule has 8 nitrogen and oxygen atoms in total. The van der Waals surface area contributed by atoms with E-state index >= 15 is 0 Å². The zero-order valence-electron chi connectivity index (χ0n) is 14.0. The van der Waals surface area contributed by atoms with E-state index in [9.17, 15) is 13.2 Å². The van der Waals surface area contributed by atoms with Crippen LogP contribution in [-0.2, 0) is 21.7 Å². The van der Waals surface area contributed by atoms with Crippen LogP contribution in [0.1, 0.15) is 12.1 Å². The van der Waals surface area contributed by atoms with E-state index in [-0.39, 0.29) is 30.0 Å². The third kappa shape index (κ3) is 3.41. The third-order valence-electron chi connectivity index (χ3n) is 4.37. The van der Waals surface area contributed by atoms with Crippen LogP contribution in [0.25, 0.3) is 11.0 Å². The molecule has 2 aromatic heterocycles. The Labute approximate surface area is 140 Å². The number of carbonyl (C=O) groups excluding carboxylic acids is 1. The first-order valence-electron chi connectivity index (χ1n) is 7.75. The number of aryl methyl sites for hydroxylation is 2. The van der Waals surface area contributed by atoms with E-state index in [0.29, 0.717) is 12.1 Å². The molecule has 0 spiro atoms. The van der Waals surface area contributed by atoms with Crippen molar-refractivity contribution >= 4 is 32.5 Å². The van der Waals surface area contributed by atoms with Crippen molar-refractivity contribution in [1.29, 1.82) is 0 Å². The van der Waals surface area contributed by atoms with E-state index in [2.05, 4.69) is 15.4 Å². The van der Waals surface area contributed by atoms with Gasteiger partial charge in [-0.25, -0.2) is 13.4 Å². The number of nitrogens with one attached hydrogen (secondary N) is 1. The molecule has 0 unspecified atom stereocenters. The van der Waals surface area contributed by atoms with Crippen molar-refractivity contribution in [3.8, 4) is 0 Å². The fourth-order valence-corrected chi connectivity index (χ4v) is 4.86. The van der Waals surface area contributed by atoms with Gasteiger partial charge < -0.3 is 5.32 Å². The highest BCUT2D eigenvalue weighted by atomic mass is 32.2.